The lowest BCUT2D eigenvalue weighted by Gasteiger charge is -2.34. The Kier molecular flexibility index (Phi) is 5.83. The first-order chi connectivity index (χ1) is 10.5. The van der Waals surface area contributed by atoms with E-state index in [0.717, 1.165) is 44.0 Å². The van der Waals surface area contributed by atoms with Crippen molar-refractivity contribution in [1.82, 2.24) is 9.80 Å². The summed E-state index contributed by atoms with van der Waals surface area (Å²) in [5.41, 5.74) is 3.32. The average molecular weight is 303 g/mol. The Morgan fingerprint density at radius 2 is 1.91 bits per heavy atom. The van der Waals surface area contributed by atoms with Gasteiger partial charge in [-0.15, -0.1) is 0 Å². The Balaban J connectivity index is 2.01. The molecule has 0 atom stereocenters. The Morgan fingerprint density at radius 1 is 1.23 bits per heavy atom. The van der Waals surface area contributed by atoms with E-state index in [1.54, 1.807) is 0 Å². The fraction of sp³-hybridized carbons (Fsp3) is 0.611. The van der Waals surface area contributed by atoms with Gasteiger partial charge in [0.2, 0.25) is 0 Å². The molecule has 1 aromatic carbocycles. The molecular formula is C18H29N3O. The van der Waals surface area contributed by atoms with E-state index in [1.165, 1.54) is 12.0 Å². The van der Waals surface area contributed by atoms with Gasteiger partial charge in [0.25, 0.3) is 0 Å². The molecule has 1 fully saturated rings. The highest BCUT2D eigenvalue weighted by Gasteiger charge is 2.21. The molecule has 1 saturated heterocycles. The van der Waals surface area contributed by atoms with Crippen LogP contribution in [0.5, 0.6) is 0 Å². The zero-order valence-corrected chi connectivity index (χ0v) is 14.4. The van der Waals surface area contributed by atoms with E-state index in [1.807, 2.05) is 4.90 Å². The molecule has 1 heterocycles. The van der Waals surface area contributed by atoms with Crippen molar-refractivity contribution in [1.29, 1.82) is 0 Å². The van der Waals surface area contributed by atoms with Crippen LogP contribution in [0.3, 0.4) is 0 Å². The summed E-state index contributed by atoms with van der Waals surface area (Å²) in [6, 6.07) is 6.25. The van der Waals surface area contributed by atoms with Gasteiger partial charge in [-0.2, -0.15) is 0 Å². The zero-order valence-electron chi connectivity index (χ0n) is 14.4. The lowest BCUT2D eigenvalue weighted by Crippen LogP contribution is -2.50. The maximum atomic E-state index is 12.6. The van der Waals surface area contributed by atoms with Gasteiger partial charge in [-0.25, -0.2) is 4.79 Å². The molecule has 4 heteroatoms. The van der Waals surface area contributed by atoms with Gasteiger partial charge in [0.15, 0.2) is 0 Å². The van der Waals surface area contributed by atoms with Crippen LogP contribution in [-0.2, 0) is 0 Å². The minimum absolute atomic E-state index is 0.0346. The fourth-order valence-corrected chi connectivity index (χ4v) is 3.02. The molecule has 1 N–H and O–H groups in total. The summed E-state index contributed by atoms with van der Waals surface area (Å²) in [6.45, 7) is 13.3. The third kappa shape index (κ3) is 4.01. The molecule has 22 heavy (non-hydrogen) atoms. The van der Waals surface area contributed by atoms with E-state index in [0.29, 0.717) is 5.92 Å². The van der Waals surface area contributed by atoms with Gasteiger partial charge in [0.05, 0.1) is 0 Å². The summed E-state index contributed by atoms with van der Waals surface area (Å²) >= 11 is 0. The Morgan fingerprint density at radius 3 is 2.50 bits per heavy atom. The smallest absolute Gasteiger partial charge is 0.321 e. The molecule has 2 amide bonds. The number of amides is 2. The molecule has 0 aromatic heterocycles. The number of piperazine rings is 1. The molecule has 0 saturated carbocycles. The largest absolute Gasteiger partial charge is 0.322 e. The van der Waals surface area contributed by atoms with Gasteiger partial charge in [-0.3, -0.25) is 4.90 Å². The molecule has 4 nitrogen and oxygen atoms in total. The number of rotatable bonds is 4. The molecule has 0 unspecified atom stereocenters. The van der Waals surface area contributed by atoms with Gasteiger partial charge in [-0.05, 0) is 36.9 Å². The molecule has 0 bridgehead atoms. The SMILES string of the molecule is CCCN1CCN(C(=O)Nc2c(C)cccc2C(C)C)CC1. The average Bonchev–Trinajstić information content (AvgIpc) is 2.50. The van der Waals surface area contributed by atoms with Gasteiger partial charge < -0.3 is 10.2 Å². The van der Waals surface area contributed by atoms with Crippen molar-refractivity contribution in [3.8, 4) is 0 Å². The summed E-state index contributed by atoms with van der Waals surface area (Å²) in [4.78, 5) is 16.9. The van der Waals surface area contributed by atoms with Gasteiger partial charge in [0.1, 0.15) is 0 Å². The Labute approximate surface area is 134 Å². The predicted octanol–water partition coefficient (Wildman–Crippen LogP) is 3.68. The van der Waals surface area contributed by atoms with Crippen LogP contribution >= 0.6 is 0 Å². The Bertz CT molecular complexity index is 505. The minimum atomic E-state index is 0.0346. The lowest BCUT2D eigenvalue weighted by atomic mass is 9.98. The summed E-state index contributed by atoms with van der Waals surface area (Å²) in [5, 5.41) is 3.15. The van der Waals surface area contributed by atoms with Crippen LogP contribution in [0.25, 0.3) is 0 Å². The van der Waals surface area contributed by atoms with E-state index >= 15 is 0 Å². The maximum absolute atomic E-state index is 12.6. The third-order valence-corrected chi connectivity index (χ3v) is 4.36. The van der Waals surface area contributed by atoms with Crippen LogP contribution in [0.2, 0.25) is 0 Å². The number of anilines is 1. The number of carbonyl (C=O) groups excluding carboxylic acids is 1. The monoisotopic (exact) mass is 303 g/mol. The zero-order chi connectivity index (χ0) is 16.1. The van der Waals surface area contributed by atoms with Crippen LogP contribution in [0.15, 0.2) is 18.2 Å². The van der Waals surface area contributed by atoms with Crippen LogP contribution in [0.1, 0.15) is 44.2 Å². The first-order valence-electron chi connectivity index (χ1n) is 8.40. The summed E-state index contributed by atoms with van der Waals surface area (Å²) in [7, 11) is 0. The van der Waals surface area contributed by atoms with Crippen LogP contribution in [0, 0.1) is 6.92 Å². The summed E-state index contributed by atoms with van der Waals surface area (Å²) < 4.78 is 0. The highest BCUT2D eigenvalue weighted by molar-refractivity contribution is 5.91. The second kappa shape index (κ2) is 7.63. The molecular weight excluding hydrogens is 274 g/mol. The van der Waals surface area contributed by atoms with Crippen molar-refractivity contribution >= 4 is 11.7 Å². The summed E-state index contributed by atoms with van der Waals surface area (Å²) in [6.07, 6.45) is 1.17. The van der Waals surface area contributed by atoms with Crippen LogP contribution in [-0.4, -0.2) is 48.6 Å². The van der Waals surface area contributed by atoms with E-state index in [4.69, 9.17) is 0 Å². The molecule has 0 spiro atoms. The number of carbonyl (C=O) groups is 1. The van der Waals surface area contributed by atoms with E-state index in [9.17, 15) is 4.79 Å². The maximum Gasteiger partial charge on any atom is 0.321 e. The van der Waals surface area contributed by atoms with Crippen molar-refractivity contribution < 1.29 is 4.79 Å². The summed E-state index contributed by atoms with van der Waals surface area (Å²) in [5.74, 6) is 0.400. The Hall–Kier alpha value is -1.55. The lowest BCUT2D eigenvalue weighted by molar-refractivity contribution is 0.147. The molecule has 1 aliphatic rings. The van der Waals surface area contributed by atoms with E-state index in [-0.39, 0.29) is 6.03 Å². The third-order valence-electron chi connectivity index (χ3n) is 4.36. The van der Waals surface area contributed by atoms with Crippen LogP contribution in [0.4, 0.5) is 10.5 Å². The fourth-order valence-electron chi connectivity index (χ4n) is 3.02. The molecule has 2 rings (SSSR count). The number of benzene rings is 1. The van der Waals surface area contributed by atoms with Crippen LogP contribution < -0.4 is 5.32 Å². The number of nitrogens with one attached hydrogen (secondary N) is 1. The van der Waals surface area contributed by atoms with Crippen molar-refractivity contribution in [2.24, 2.45) is 0 Å². The normalized spacial score (nSPS) is 16.1. The number of hydrogen-bond donors (Lipinski definition) is 1. The van der Waals surface area contributed by atoms with Gasteiger partial charge in [-0.1, -0.05) is 39.0 Å². The molecule has 122 valence electrons. The minimum Gasteiger partial charge on any atom is -0.322 e. The first kappa shape index (κ1) is 16.8. The second-order valence-electron chi connectivity index (χ2n) is 6.45. The van der Waals surface area contributed by atoms with Gasteiger partial charge in [0, 0.05) is 31.9 Å². The molecule has 1 aliphatic heterocycles. The van der Waals surface area contributed by atoms with Gasteiger partial charge >= 0.3 is 6.03 Å². The first-order valence-corrected chi connectivity index (χ1v) is 8.40. The highest BCUT2D eigenvalue weighted by atomic mass is 16.2. The number of nitrogens with zero attached hydrogens (tertiary/aromatic N) is 2. The van der Waals surface area contributed by atoms with Crippen molar-refractivity contribution in [2.75, 3.05) is 38.0 Å². The standard InChI is InChI=1S/C18H29N3O/c1-5-9-20-10-12-21(13-11-20)18(22)19-17-15(4)7-6-8-16(17)14(2)3/h6-8,14H,5,9-13H2,1-4H3,(H,19,22). The van der Waals surface area contributed by atoms with Crippen molar-refractivity contribution in [2.45, 2.75) is 40.0 Å². The van der Waals surface area contributed by atoms with E-state index < -0.39 is 0 Å². The van der Waals surface area contributed by atoms with Crippen molar-refractivity contribution in [3.05, 3.63) is 29.3 Å². The quantitative estimate of drug-likeness (QED) is 0.921. The molecule has 1 aromatic rings. The topological polar surface area (TPSA) is 35.6 Å². The molecule has 0 radical (unpaired) electrons. The second-order valence-corrected chi connectivity index (χ2v) is 6.45. The van der Waals surface area contributed by atoms with Crippen molar-refractivity contribution in [3.63, 3.8) is 0 Å². The predicted molar refractivity (Wildman–Crippen MR) is 92.6 cm³/mol. The van der Waals surface area contributed by atoms with E-state index in [2.05, 4.69) is 56.1 Å². The highest BCUT2D eigenvalue weighted by Crippen LogP contribution is 2.27. The number of aryl methyl sites for hydroxylation is 1. The molecule has 0 aliphatic carbocycles. The number of para-hydroxylation sites is 1. The number of urea groups is 1. The number of hydrogen-bond acceptors (Lipinski definition) is 2.